The van der Waals surface area contributed by atoms with Gasteiger partial charge in [0.15, 0.2) is 0 Å². The topological polar surface area (TPSA) is 66.5 Å². The van der Waals surface area contributed by atoms with E-state index >= 15 is 0 Å². The first kappa shape index (κ1) is 19.8. The molecule has 2 aromatic rings. The van der Waals surface area contributed by atoms with Crippen molar-refractivity contribution >= 4 is 39.1 Å². The SMILES string of the molecule is CCc1cccc(C)c1NS(=O)(=O)c1ccc2c(c1)N(C(C)=O)CCCS2. The number of hydrogen-bond donors (Lipinski definition) is 1. The van der Waals surface area contributed by atoms with Gasteiger partial charge in [0.25, 0.3) is 10.0 Å². The fourth-order valence-electron chi connectivity index (χ4n) is 3.21. The largest absolute Gasteiger partial charge is 0.311 e. The molecule has 1 amide bonds. The molecule has 5 nitrogen and oxygen atoms in total. The molecule has 1 heterocycles. The maximum atomic E-state index is 13.0. The van der Waals surface area contributed by atoms with E-state index in [9.17, 15) is 13.2 Å². The van der Waals surface area contributed by atoms with Crippen molar-refractivity contribution in [3.05, 3.63) is 47.5 Å². The maximum Gasteiger partial charge on any atom is 0.261 e. The van der Waals surface area contributed by atoms with Crippen molar-refractivity contribution in [3.63, 3.8) is 0 Å². The van der Waals surface area contributed by atoms with E-state index in [2.05, 4.69) is 4.72 Å². The molecule has 0 unspecified atom stereocenters. The molecule has 27 heavy (non-hydrogen) atoms. The quantitative estimate of drug-likeness (QED) is 0.829. The summed E-state index contributed by atoms with van der Waals surface area (Å²) in [6, 6.07) is 10.8. The number of fused-ring (bicyclic) bond motifs is 1. The van der Waals surface area contributed by atoms with Crippen LogP contribution in [0.15, 0.2) is 46.2 Å². The standard InChI is InChI=1S/C20H24N2O3S2/c1-4-16-8-5-7-14(2)20(16)21-27(24,25)17-9-10-19-18(13-17)22(15(3)23)11-6-12-26-19/h5,7-10,13,21H,4,6,11-12H2,1-3H3. The van der Waals surface area contributed by atoms with Crippen molar-refractivity contribution < 1.29 is 13.2 Å². The predicted molar refractivity (Wildman–Crippen MR) is 111 cm³/mol. The van der Waals surface area contributed by atoms with Crippen LogP contribution in [0.25, 0.3) is 0 Å². The molecule has 0 radical (unpaired) electrons. The van der Waals surface area contributed by atoms with Gasteiger partial charge in [0.2, 0.25) is 5.91 Å². The minimum atomic E-state index is -3.76. The Kier molecular flexibility index (Phi) is 5.81. The number of hydrogen-bond acceptors (Lipinski definition) is 4. The lowest BCUT2D eigenvalue weighted by Gasteiger charge is -2.22. The Hall–Kier alpha value is -1.99. The summed E-state index contributed by atoms with van der Waals surface area (Å²) in [5.41, 5.74) is 3.14. The van der Waals surface area contributed by atoms with Crippen molar-refractivity contribution in [2.45, 2.75) is 43.4 Å². The summed E-state index contributed by atoms with van der Waals surface area (Å²) in [5, 5.41) is 0. The van der Waals surface area contributed by atoms with Crippen LogP contribution in [0.1, 0.15) is 31.4 Å². The monoisotopic (exact) mass is 404 g/mol. The van der Waals surface area contributed by atoms with Gasteiger partial charge in [-0.2, -0.15) is 0 Å². The summed E-state index contributed by atoms with van der Waals surface area (Å²) in [5.74, 6) is 0.831. The minimum absolute atomic E-state index is 0.0755. The Balaban J connectivity index is 2.03. The summed E-state index contributed by atoms with van der Waals surface area (Å²) in [6.07, 6.45) is 1.61. The van der Waals surface area contributed by atoms with Gasteiger partial charge >= 0.3 is 0 Å². The molecule has 0 bridgehead atoms. The molecule has 144 valence electrons. The maximum absolute atomic E-state index is 13.0. The first-order chi connectivity index (χ1) is 12.8. The molecular formula is C20H24N2O3S2. The molecule has 0 aliphatic carbocycles. The van der Waals surface area contributed by atoms with E-state index in [1.165, 1.54) is 6.92 Å². The van der Waals surface area contributed by atoms with Gasteiger partial charge in [-0.05, 0) is 54.8 Å². The van der Waals surface area contributed by atoms with E-state index in [4.69, 9.17) is 0 Å². The Labute approximate surface area is 165 Å². The van der Waals surface area contributed by atoms with Gasteiger partial charge in [0.05, 0.1) is 16.3 Å². The second kappa shape index (κ2) is 7.94. The van der Waals surface area contributed by atoms with Gasteiger partial charge in [-0.15, -0.1) is 11.8 Å². The summed E-state index contributed by atoms with van der Waals surface area (Å²) in [7, 11) is -3.76. The molecular weight excluding hydrogens is 380 g/mol. The molecule has 2 aromatic carbocycles. The van der Waals surface area contributed by atoms with Crippen LogP contribution in [0.4, 0.5) is 11.4 Å². The molecule has 0 aromatic heterocycles. The van der Waals surface area contributed by atoms with E-state index in [1.807, 2.05) is 32.0 Å². The average molecular weight is 405 g/mol. The number of carbonyl (C=O) groups is 1. The Bertz CT molecular complexity index is 971. The Morgan fingerprint density at radius 2 is 2.04 bits per heavy atom. The number of anilines is 2. The smallest absolute Gasteiger partial charge is 0.261 e. The molecule has 1 aliphatic rings. The predicted octanol–water partition coefficient (Wildman–Crippen LogP) is 4.21. The molecule has 0 saturated heterocycles. The molecule has 3 rings (SSSR count). The number of amides is 1. The van der Waals surface area contributed by atoms with Crippen molar-refractivity contribution in [2.75, 3.05) is 21.9 Å². The van der Waals surface area contributed by atoms with Crippen molar-refractivity contribution in [1.29, 1.82) is 0 Å². The second-order valence-electron chi connectivity index (χ2n) is 6.57. The highest BCUT2D eigenvalue weighted by Gasteiger charge is 2.23. The third-order valence-corrected chi connectivity index (χ3v) is 7.17. The number of sulfonamides is 1. The average Bonchev–Trinajstić information content (AvgIpc) is 2.85. The van der Waals surface area contributed by atoms with Crippen LogP contribution in [0.2, 0.25) is 0 Å². The van der Waals surface area contributed by atoms with E-state index in [0.29, 0.717) is 17.9 Å². The van der Waals surface area contributed by atoms with Crippen LogP contribution in [-0.4, -0.2) is 26.6 Å². The molecule has 1 N–H and O–H groups in total. The van der Waals surface area contributed by atoms with Crippen LogP contribution >= 0.6 is 11.8 Å². The zero-order valence-electron chi connectivity index (χ0n) is 15.8. The number of para-hydroxylation sites is 1. The highest BCUT2D eigenvalue weighted by molar-refractivity contribution is 7.99. The zero-order chi connectivity index (χ0) is 19.6. The van der Waals surface area contributed by atoms with E-state index in [-0.39, 0.29) is 10.8 Å². The minimum Gasteiger partial charge on any atom is -0.311 e. The van der Waals surface area contributed by atoms with Crippen LogP contribution in [0.5, 0.6) is 0 Å². The number of aryl methyl sites for hydroxylation is 2. The number of nitrogens with one attached hydrogen (secondary N) is 1. The van der Waals surface area contributed by atoms with Crippen LogP contribution in [0.3, 0.4) is 0 Å². The highest BCUT2D eigenvalue weighted by atomic mass is 32.2. The first-order valence-corrected chi connectivity index (χ1v) is 11.5. The van der Waals surface area contributed by atoms with Crippen molar-refractivity contribution in [3.8, 4) is 0 Å². The number of benzene rings is 2. The lowest BCUT2D eigenvalue weighted by atomic mass is 10.1. The summed E-state index contributed by atoms with van der Waals surface area (Å²) in [6.45, 7) is 6.00. The third-order valence-electron chi connectivity index (χ3n) is 4.67. The third kappa shape index (κ3) is 4.14. The second-order valence-corrected chi connectivity index (χ2v) is 9.39. The van der Waals surface area contributed by atoms with Gasteiger partial charge in [0.1, 0.15) is 0 Å². The van der Waals surface area contributed by atoms with Crippen molar-refractivity contribution in [1.82, 2.24) is 0 Å². The molecule has 7 heteroatoms. The lowest BCUT2D eigenvalue weighted by Crippen LogP contribution is -2.29. The molecule has 0 fully saturated rings. The van der Waals surface area contributed by atoms with Gasteiger partial charge in [-0.1, -0.05) is 25.1 Å². The van der Waals surface area contributed by atoms with Gasteiger partial charge in [-0.25, -0.2) is 8.42 Å². The fraction of sp³-hybridized carbons (Fsp3) is 0.350. The van der Waals surface area contributed by atoms with Gasteiger partial charge in [-0.3, -0.25) is 9.52 Å². The van der Waals surface area contributed by atoms with Crippen LogP contribution < -0.4 is 9.62 Å². The normalized spacial score (nSPS) is 14.4. The van der Waals surface area contributed by atoms with Crippen LogP contribution in [0, 0.1) is 6.92 Å². The Morgan fingerprint density at radius 1 is 1.26 bits per heavy atom. The molecule has 1 aliphatic heterocycles. The van der Waals surface area contributed by atoms with Gasteiger partial charge in [0, 0.05) is 18.4 Å². The number of nitrogens with zero attached hydrogens (tertiary/aromatic N) is 1. The lowest BCUT2D eigenvalue weighted by molar-refractivity contribution is -0.116. The highest BCUT2D eigenvalue weighted by Crippen LogP contribution is 2.36. The van der Waals surface area contributed by atoms with Crippen LogP contribution in [-0.2, 0) is 21.2 Å². The van der Waals surface area contributed by atoms with E-state index < -0.39 is 10.0 Å². The fourth-order valence-corrected chi connectivity index (χ4v) is 5.38. The summed E-state index contributed by atoms with van der Waals surface area (Å²) < 4.78 is 28.8. The molecule has 0 atom stereocenters. The zero-order valence-corrected chi connectivity index (χ0v) is 17.4. The summed E-state index contributed by atoms with van der Waals surface area (Å²) in [4.78, 5) is 14.8. The summed E-state index contributed by atoms with van der Waals surface area (Å²) >= 11 is 1.65. The number of thioether (sulfide) groups is 1. The van der Waals surface area contributed by atoms with Crippen molar-refractivity contribution in [2.24, 2.45) is 0 Å². The molecule has 0 spiro atoms. The number of carbonyl (C=O) groups excluding carboxylic acids is 1. The van der Waals surface area contributed by atoms with E-state index in [0.717, 1.165) is 34.6 Å². The number of rotatable bonds is 4. The Morgan fingerprint density at radius 3 is 2.74 bits per heavy atom. The van der Waals surface area contributed by atoms with E-state index in [1.54, 1.807) is 34.9 Å². The van der Waals surface area contributed by atoms with Gasteiger partial charge < -0.3 is 4.90 Å². The molecule has 0 saturated carbocycles. The first-order valence-electron chi connectivity index (χ1n) is 8.99.